The summed E-state index contributed by atoms with van der Waals surface area (Å²) in [5.41, 5.74) is 4.02. The summed E-state index contributed by atoms with van der Waals surface area (Å²) >= 11 is 0. The summed E-state index contributed by atoms with van der Waals surface area (Å²) in [6, 6.07) is 22.1. The number of allylic oxidation sites excluding steroid dienone is 4. The van der Waals surface area contributed by atoms with Crippen molar-refractivity contribution in [3.8, 4) is 0 Å². The normalized spacial score (nSPS) is 16.6. The van der Waals surface area contributed by atoms with Gasteiger partial charge >= 0.3 is 0 Å². The van der Waals surface area contributed by atoms with E-state index in [9.17, 15) is 4.79 Å². The Morgan fingerprint density at radius 1 is 0.852 bits per heavy atom. The van der Waals surface area contributed by atoms with Crippen LogP contribution in [0.5, 0.6) is 0 Å². The van der Waals surface area contributed by atoms with Gasteiger partial charge in [-0.25, -0.2) is 0 Å². The van der Waals surface area contributed by atoms with Crippen molar-refractivity contribution in [1.29, 1.82) is 0 Å². The van der Waals surface area contributed by atoms with Crippen molar-refractivity contribution in [3.05, 3.63) is 107 Å². The Bertz CT molecular complexity index is 1060. The molecule has 0 aromatic heterocycles. The molecule has 1 unspecified atom stereocenters. The second-order valence-electron chi connectivity index (χ2n) is 8.22. The van der Waals surface area contributed by atoms with Crippen molar-refractivity contribution >= 4 is 16.6 Å². The molecule has 3 aromatic carbocycles. The van der Waals surface area contributed by atoms with Crippen LogP contribution in [0.15, 0.2) is 90.5 Å². The van der Waals surface area contributed by atoms with Crippen LogP contribution in [-0.4, -0.2) is 5.78 Å². The van der Waals surface area contributed by atoms with Crippen molar-refractivity contribution in [2.45, 2.75) is 26.7 Å². The van der Waals surface area contributed by atoms with E-state index in [1.54, 1.807) is 0 Å². The van der Waals surface area contributed by atoms with Crippen molar-refractivity contribution in [3.63, 3.8) is 0 Å². The average Bonchev–Trinajstić information content (AvgIpc) is 3.17. The summed E-state index contributed by atoms with van der Waals surface area (Å²) in [5, 5.41) is 2.27. The minimum absolute atomic E-state index is 0.0485. The van der Waals surface area contributed by atoms with Crippen molar-refractivity contribution in [2.24, 2.45) is 5.41 Å². The zero-order valence-electron chi connectivity index (χ0n) is 16.1. The number of fused-ring (bicyclic) bond motifs is 1. The number of hydrogen-bond acceptors (Lipinski definition) is 1. The molecular weight excluding hydrogens is 328 g/mol. The number of benzene rings is 3. The van der Waals surface area contributed by atoms with Gasteiger partial charge in [0.25, 0.3) is 0 Å². The van der Waals surface area contributed by atoms with Crippen LogP contribution in [-0.2, 0) is 0 Å². The van der Waals surface area contributed by atoms with Gasteiger partial charge in [0.15, 0.2) is 5.78 Å². The Morgan fingerprint density at radius 3 is 2.15 bits per heavy atom. The van der Waals surface area contributed by atoms with Gasteiger partial charge in [-0.1, -0.05) is 99.2 Å². The molecule has 0 aliphatic heterocycles. The van der Waals surface area contributed by atoms with Gasteiger partial charge in [0, 0.05) is 17.0 Å². The molecular formula is C26H24O. The maximum atomic E-state index is 13.4. The van der Waals surface area contributed by atoms with Gasteiger partial charge in [-0.2, -0.15) is 0 Å². The molecule has 4 rings (SSSR count). The van der Waals surface area contributed by atoms with Crippen LogP contribution in [0.1, 0.15) is 48.2 Å². The lowest BCUT2D eigenvalue weighted by atomic mass is 9.75. The first-order chi connectivity index (χ1) is 12.9. The molecule has 0 N–H and O–H groups in total. The largest absolute Gasteiger partial charge is 0.289 e. The minimum atomic E-state index is 0.0485. The van der Waals surface area contributed by atoms with Crippen molar-refractivity contribution in [1.82, 2.24) is 0 Å². The second-order valence-corrected chi connectivity index (χ2v) is 8.22. The second kappa shape index (κ2) is 6.66. The Morgan fingerprint density at radius 2 is 1.48 bits per heavy atom. The van der Waals surface area contributed by atoms with Gasteiger partial charge in [-0.3, -0.25) is 4.79 Å². The zero-order valence-corrected chi connectivity index (χ0v) is 16.1. The van der Waals surface area contributed by atoms with Gasteiger partial charge in [0.2, 0.25) is 0 Å². The predicted molar refractivity (Wildman–Crippen MR) is 113 cm³/mol. The molecule has 3 aromatic rings. The molecule has 1 aliphatic carbocycles. The molecule has 0 saturated heterocycles. The molecule has 27 heavy (non-hydrogen) atoms. The molecule has 1 nitrogen and oxygen atoms in total. The number of carbonyl (C=O) groups excluding carboxylic acids is 1. The predicted octanol–water partition coefficient (Wildman–Crippen LogP) is 6.70. The molecule has 0 heterocycles. The van der Waals surface area contributed by atoms with E-state index < -0.39 is 0 Å². The van der Waals surface area contributed by atoms with Crippen LogP contribution in [0.25, 0.3) is 10.8 Å². The van der Waals surface area contributed by atoms with Crippen LogP contribution < -0.4 is 0 Å². The maximum absolute atomic E-state index is 13.4. The first-order valence-corrected chi connectivity index (χ1v) is 9.46. The summed E-state index contributed by atoms with van der Waals surface area (Å²) in [6.07, 6.45) is 6.54. The fourth-order valence-electron chi connectivity index (χ4n) is 3.92. The Hall–Kier alpha value is -2.93. The molecule has 0 amide bonds. The Labute approximate surface area is 161 Å². The first-order valence-electron chi connectivity index (χ1n) is 9.46. The lowest BCUT2D eigenvalue weighted by molar-refractivity contribution is 0.103. The smallest absolute Gasteiger partial charge is 0.193 e. The van der Waals surface area contributed by atoms with Crippen LogP contribution >= 0.6 is 0 Å². The van der Waals surface area contributed by atoms with Crippen LogP contribution in [0.2, 0.25) is 0 Å². The van der Waals surface area contributed by atoms with E-state index in [2.05, 4.69) is 69.3 Å². The van der Waals surface area contributed by atoms with E-state index in [1.807, 2.05) is 36.4 Å². The SMILES string of the molecule is CC(C)(C)C1=CC=CC1c1cc2ccccc2cc1C(=O)c1ccccc1. The van der Waals surface area contributed by atoms with Crippen LogP contribution in [0.4, 0.5) is 0 Å². The number of hydrogen-bond donors (Lipinski definition) is 0. The minimum Gasteiger partial charge on any atom is -0.289 e. The van der Waals surface area contributed by atoms with Gasteiger partial charge in [0.1, 0.15) is 0 Å². The Kier molecular flexibility index (Phi) is 4.31. The summed E-state index contributed by atoms with van der Waals surface area (Å²) < 4.78 is 0. The Balaban J connectivity index is 1.92. The first kappa shape index (κ1) is 17.5. The average molecular weight is 352 g/mol. The lowest BCUT2D eigenvalue weighted by Crippen LogP contribution is -2.16. The zero-order chi connectivity index (χ0) is 19.0. The van der Waals surface area contributed by atoms with Crippen molar-refractivity contribution < 1.29 is 4.79 Å². The van der Waals surface area contributed by atoms with E-state index in [0.29, 0.717) is 0 Å². The fraction of sp³-hybridized carbons (Fsp3) is 0.192. The topological polar surface area (TPSA) is 17.1 Å². The third-order valence-electron chi connectivity index (χ3n) is 5.31. The highest BCUT2D eigenvalue weighted by Gasteiger charge is 2.30. The van der Waals surface area contributed by atoms with E-state index >= 15 is 0 Å². The van der Waals surface area contributed by atoms with Crippen LogP contribution in [0, 0.1) is 5.41 Å². The molecule has 0 spiro atoms. The van der Waals surface area contributed by atoms with Gasteiger partial charge in [-0.15, -0.1) is 0 Å². The van der Waals surface area contributed by atoms with E-state index in [-0.39, 0.29) is 17.1 Å². The standard InChI is InChI=1S/C26H24O/c1-26(2,3)24-15-9-14-21(24)22-16-19-12-7-8-13-20(19)17-23(22)25(27)18-10-5-4-6-11-18/h4-17,21H,1-3H3. The summed E-state index contributed by atoms with van der Waals surface area (Å²) in [6.45, 7) is 6.70. The molecule has 1 heteroatoms. The van der Waals surface area contributed by atoms with E-state index in [1.165, 1.54) is 11.0 Å². The number of carbonyl (C=O) groups is 1. The third kappa shape index (κ3) is 3.26. The monoisotopic (exact) mass is 352 g/mol. The van der Waals surface area contributed by atoms with E-state index in [4.69, 9.17) is 0 Å². The van der Waals surface area contributed by atoms with Crippen LogP contribution in [0.3, 0.4) is 0 Å². The fourth-order valence-corrected chi connectivity index (χ4v) is 3.92. The quantitative estimate of drug-likeness (QED) is 0.480. The highest BCUT2D eigenvalue weighted by Crippen LogP contribution is 2.43. The summed E-state index contributed by atoms with van der Waals surface area (Å²) in [4.78, 5) is 13.4. The van der Waals surface area contributed by atoms with Gasteiger partial charge in [0.05, 0.1) is 0 Å². The number of ketones is 1. The highest BCUT2D eigenvalue weighted by molar-refractivity contribution is 6.12. The number of rotatable bonds is 3. The third-order valence-corrected chi connectivity index (χ3v) is 5.31. The van der Waals surface area contributed by atoms with E-state index in [0.717, 1.165) is 22.1 Å². The lowest BCUT2D eigenvalue weighted by Gasteiger charge is -2.28. The molecule has 0 radical (unpaired) electrons. The van der Waals surface area contributed by atoms with Gasteiger partial charge in [-0.05, 0) is 33.9 Å². The maximum Gasteiger partial charge on any atom is 0.193 e. The molecule has 1 aliphatic rings. The molecule has 1 atom stereocenters. The molecule has 0 fully saturated rings. The molecule has 0 bridgehead atoms. The highest BCUT2D eigenvalue weighted by atomic mass is 16.1. The molecule has 134 valence electrons. The van der Waals surface area contributed by atoms with Crippen molar-refractivity contribution in [2.75, 3.05) is 0 Å². The van der Waals surface area contributed by atoms with Gasteiger partial charge < -0.3 is 0 Å². The summed E-state index contributed by atoms with van der Waals surface area (Å²) in [7, 11) is 0. The molecule has 0 saturated carbocycles. The summed E-state index contributed by atoms with van der Waals surface area (Å²) in [5.74, 6) is 0.224.